The van der Waals surface area contributed by atoms with E-state index < -0.39 is 11.7 Å². The normalized spacial score (nSPS) is 12.0. The molecule has 4 rings (SSSR count). The molecule has 8 heteroatoms. The fraction of sp³-hybridized carbons (Fsp3) is 0.118. The van der Waals surface area contributed by atoms with Gasteiger partial charge in [0.2, 0.25) is 4.96 Å². The number of nitrogens with zero attached hydrogens (tertiary/aromatic N) is 4. The second kappa shape index (κ2) is 5.96. The Morgan fingerprint density at radius 3 is 2.32 bits per heavy atom. The van der Waals surface area contributed by atoms with Crippen molar-refractivity contribution in [1.82, 2.24) is 19.8 Å². The second-order valence-electron chi connectivity index (χ2n) is 5.46. The highest BCUT2D eigenvalue weighted by Gasteiger charge is 2.30. The van der Waals surface area contributed by atoms with Gasteiger partial charge in [-0.05, 0) is 17.7 Å². The van der Waals surface area contributed by atoms with E-state index in [4.69, 9.17) is 0 Å². The van der Waals surface area contributed by atoms with Crippen molar-refractivity contribution >= 4 is 16.3 Å². The van der Waals surface area contributed by atoms with Gasteiger partial charge < -0.3 is 0 Å². The highest BCUT2D eigenvalue weighted by atomic mass is 32.1. The zero-order valence-corrected chi connectivity index (χ0v) is 13.6. The van der Waals surface area contributed by atoms with Gasteiger partial charge in [-0.25, -0.2) is 0 Å². The Hall–Kier alpha value is -2.74. The molecule has 0 spiro atoms. The van der Waals surface area contributed by atoms with Gasteiger partial charge in [0.05, 0.1) is 5.56 Å². The van der Waals surface area contributed by atoms with Crippen LogP contribution < -0.4 is 0 Å². The zero-order valence-electron chi connectivity index (χ0n) is 12.7. The third-order valence-electron chi connectivity index (χ3n) is 3.72. The molecule has 0 atom stereocenters. The van der Waals surface area contributed by atoms with Crippen LogP contribution in [0.5, 0.6) is 0 Å². The molecule has 0 N–H and O–H groups in total. The number of aromatic nitrogens is 4. The summed E-state index contributed by atoms with van der Waals surface area (Å²) in [7, 11) is 0. The maximum Gasteiger partial charge on any atom is 0.416 e. The van der Waals surface area contributed by atoms with E-state index in [1.54, 1.807) is 4.52 Å². The Balaban J connectivity index is 1.66. The van der Waals surface area contributed by atoms with E-state index in [2.05, 4.69) is 15.3 Å². The molecule has 0 saturated carbocycles. The standard InChI is InChI=1S/C17H11F3N4S/c18-17(19,20)13-8-6-12(7-9-13)15-23-24-14(21-22-16(24)25-15)10-11-4-2-1-3-5-11/h1-9H,10H2. The summed E-state index contributed by atoms with van der Waals surface area (Å²) in [5, 5.41) is 13.3. The topological polar surface area (TPSA) is 43.1 Å². The average molecular weight is 360 g/mol. The fourth-order valence-corrected chi connectivity index (χ4v) is 3.33. The van der Waals surface area contributed by atoms with E-state index in [1.165, 1.54) is 23.5 Å². The minimum Gasteiger partial charge on any atom is -0.187 e. The van der Waals surface area contributed by atoms with Crippen molar-refractivity contribution in [3.63, 3.8) is 0 Å². The fourth-order valence-electron chi connectivity index (χ4n) is 2.46. The highest BCUT2D eigenvalue weighted by molar-refractivity contribution is 7.19. The number of halogens is 3. The second-order valence-corrected chi connectivity index (χ2v) is 6.41. The predicted octanol–water partition coefficient (Wildman–Crippen LogP) is 4.46. The van der Waals surface area contributed by atoms with Gasteiger partial charge in [-0.2, -0.15) is 22.8 Å². The number of benzene rings is 2. The molecule has 0 fully saturated rings. The van der Waals surface area contributed by atoms with E-state index in [0.29, 0.717) is 27.8 Å². The summed E-state index contributed by atoms with van der Waals surface area (Å²) in [4.78, 5) is 0.612. The van der Waals surface area contributed by atoms with Crippen LogP contribution in [0.4, 0.5) is 13.2 Å². The summed E-state index contributed by atoms with van der Waals surface area (Å²) in [6.07, 6.45) is -3.76. The third kappa shape index (κ3) is 3.12. The Morgan fingerprint density at radius 2 is 1.64 bits per heavy atom. The van der Waals surface area contributed by atoms with Crippen molar-refractivity contribution in [2.45, 2.75) is 12.6 Å². The molecule has 0 bridgehead atoms. The van der Waals surface area contributed by atoms with Gasteiger partial charge in [-0.15, -0.1) is 10.2 Å². The number of hydrogen-bond acceptors (Lipinski definition) is 4. The van der Waals surface area contributed by atoms with Gasteiger partial charge in [0.1, 0.15) is 5.01 Å². The Morgan fingerprint density at radius 1 is 0.920 bits per heavy atom. The minimum absolute atomic E-state index is 0.582. The molecule has 2 aromatic heterocycles. The van der Waals surface area contributed by atoms with Gasteiger partial charge in [-0.3, -0.25) is 0 Å². The summed E-state index contributed by atoms with van der Waals surface area (Å²) >= 11 is 1.29. The van der Waals surface area contributed by atoms with Crippen molar-refractivity contribution in [2.75, 3.05) is 0 Å². The number of hydrogen-bond donors (Lipinski definition) is 0. The van der Waals surface area contributed by atoms with Crippen LogP contribution in [0.25, 0.3) is 15.5 Å². The van der Waals surface area contributed by atoms with Crippen molar-refractivity contribution < 1.29 is 13.2 Å². The summed E-state index contributed by atoms with van der Waals surface area (Å²) in [6.45, 7) is 0. The maximum absolute atomic E-state index is 12.7. The lowest BCUT2D eigenvalue weighted by Crippen LogP contribution is -2.04. The molecular weight excluding hydrogens is 349 g/mol. The average Bonchev–Trinajstić information content (AvgIpc) is 3.17. The molecule has 4 aromatic rings. The van der Waals surface area contributed by atoms with Crippen LogP contribution >= 0.6 is 11.3 Å². The highest BCUT2D eigenvalue weighted by Crippen LogP contribution is 2.32. The van der Waals surface area contributed by atoms with E-state index in [0.717, 1.165) is 17.7 Å². The molecule has 25 heavy (non-hydrogen) atoms. The molecule has 2 heterocycles. The molecular formula is C17H11F3N4S. The van der Waals surface area contributed by atoms with Gasteiger partial charge in [0.15, 0.2) is 5.82 Å². The molecule has 0 saturated heterocycles. The summed E-state index contributed by atoms with van der Waals surface area (Å²) in [5.41, 5.74) is 1.03. The van der Waals surface area contributed by atoms with Crippen LogP contribution in [0, 0.1) is 0 Å². The van der Waals surface area contributed by atoms with E-state index >= 15 is 0 Å². The quantitative estimate of drug-likeness (QED) is 0.542. The lowest BCUT2D eigenvalue weighted by Gasteiger charge is -2.06. The molecule has 4 nitrogen and oxygen atoms in total. The Labute approximate surface area is 144 Å². The molecule has 0 aliphatic carbocycles. The zero-order chi connectivity index (χ0) is 17.4. The van der Waals surface area contributed by atoms with Crippen molar-refractivity contribution in [2.24, 2.45) is 0 Å². The summed E-state index contributed by atoms with van der Waals surface area (Å²) < 4.78 is 39.6. The lowest BCUT2D eigenvalue weighted by atomic mass is 10.1. The number of fused-ring (bicyclic) bond motifs is 1. The largest absolute Gasteiger partial charge is 0.416 e. The van der Waals surface area contributed by atoms with Gasteiger partial charge in [-0.1, -0.05) is 53.8 Å². The van der Waals surface area contributed by atoms with E-state index in [9.17, 15) is 13.2 Å². The van der Waals surface area contributed by atoms with E-state index in [1.807, 2.05) is 30.3 Å². The maximum atomic E-state index is 12.7. The SMILES string of the molecule is FC(F)(F)c1ccc(-c2nn3c(Cc4ccccc4)nnc3s2)cc1. The Bertz CT molecular complexity index is 1000. The van der Waals surface area contributed by atoms with Crippen LogP contribution in [0.2, 0.25) is 0 Å². The number of alkyl halides is 3. The van der Waals surface area contributed by atoms with Crippen LogP contribution in [0.15, 0.2) is 54.6 Å². The molecule has 0 unspecified atom stereocenters. The van der Waals surface area contributed by atoms with E-state index in [-0.39, 0.29) is 0 Å². The molecule has 0 aliphatic heterocycles. The molecule has 2 aromatic carbocycles. The van der Waals surface area contributed by atoms with Crippen LogP contribution in [0.3, 0.4) is 0 Å². The van der Waals surface area contributed by atoms with Crippen molar-refractivity contribution in [3.8, 4) is 10.6 Å². The first-order valence-electron chi connectivity index (χ1n) is 7.43. The lowest BCUT2D eigenvalue weighted by molar-refractivity contribution is -0.137. The minimum atomic E-state index is -4.34. The molecule has 0 amide bonds. The van der Waals surface area contributed by atoms with Gasteiger partial charge in [0, 0.05) is 12.0 Å². The van der Waals surface area contributed by atoms with Crippen LogP contribution in [-0.2, 0) is 12.6 Å². The van der Waals surface area contributed by atoms with Gasteiger partial charge >= 0.3 is 6.18 Å². The smallest absolute Gasteiger partial charge is 0.187 e. The van der Waals surface area contributed by atoms with Crippen LogP contribution in [0.1, 0.15) is 17.0 Å². The van der Waals surface area contributed by atoms with Crippen LogP contribution in [-0.4, -0.2) is 19.8 Å². The summed E-state index contributed by atoms with van der Waals surface area (Å²) in [5.74, 6) is 0.690. The molecule has 0 aliphatic rings. The third-order valence-corrected chi connectivity index (χ3v) is 4.67. The predicted molar refractivity (Wildman–Crippen MR) is 88.3 cm³/mol. The molecule has 0 radical (unpaired) electrons. The monoisotopic (exact) mass is 360 g/mol. The van der Waals surface area contributed by atoms with Gasteiger partial charge in [0.25, 0.3) is 0 Å². The van der Waals surface area contributed by atoms with Crippen molar-refractivity contribution in [1.29, 1.82) is 0 Å². The Kier molecular flexibility index (Phi) is 3.76. The number of rotatable bonds is 3. The summed E-state index contributed by atoms with van der Waals surface area (Å²) in [6, 6.07) is 14.8. The van der Waals surface area contributed by atoms with Crippen molar-refractivity contribution in [3.05, 3.63) is 71.5 Å². The first kappa shape index (κ1) is 15.8. The molecule has 126 valence electrons. The first-order valence-corrected chi connectivity index (χ1v) is 8.25. The first-order chi connectivity index (χ1) is 12.0.